The molecule has 3 atom stereocenters. The first-order valence-corrected chi connectivity index (χ1v) is 15.6. The number of urea groups is 1. The van der Waals surface area contributed by atoms with Crippen molar-refractivity contribution in [1.29, 1.82) is 0 Å². The van der Waals surface area contributed by atoms with Crippen LogP contribution in [0.15, 0.2) is 24.3 Å². The number of benzene rings is 1. The summed E-state index contributed by atoms with van der Waals surface area (Å²) < 4.78 is 5.31. The Morgan fingerprint density at radius 2 is 1.95 bits per heavy atom. The zero-order chi connectivity index (χ0) is 28.1. The van der Waals surface area contributed by atoms with E-state index in [4.69, 9.17) is 16.3 Å². The van der Waals surface area contributed by atoms with Crippen molar-refractivity contribution in [3.63, 3.8) is 0 Å². The van der Waals surface area contributed by atoms with Gasteiger partial charge in [0.05, 0.1) is 5.54 Å². The molecule has 1 aromatic carbocycles. The lowest BCUT2D eigenvalue weighted by Crippen LogP contribution is -2.58. The number of rotatable bonds is 14. The van der Waals surface area contributed by atoms with Gasteiger partial charge in [-0.1, -0.05) is 62.8 Å². The predicted molar refractivity (Wildman–Crippen MR) is 159 cm³/mol. The van der Waals surface area contributed by atoms with E-state index in [1.165, 1.54) is 32.1 Å². The third kappa shape index (κ3) is 9.36. The van der Waals surface area contributed by atoms with Crippen LogP contribution >= 0.6 is 11.6 Å². The molecule has 3 rings (SSSR count). The van der Waals surface area contributed by atoms with Crippen LogP contribution in [0.25, 0.3) is 0 Å². The van der Waals surface area contributed by atoms with Gasteiger partial charge < -0.3 is 25.6 Å². The molecule has 7 nitrogen and oxygen atoms in total. The van der Waals surface area contributed by atoms with Gasteiger partial charge in [-0.15, -0.1) is 0 Å². The smallest absolute Gasteiger partial charge is 0.317 e. The maximum absolute atomic E-state index is 13.6. The van der Waals surface area contributed by atoms with Crippen LogP contribution in [-0.4, -0.2) is 63.3 Å². The molecule has 0 bridgehead atoms. The molecule has 220 valence electrons. The number of nitrogens with zero attached hydrogens (tertiary/aromatic N) is 1. The van der Waals surface area contributed by atoms with Crippen molar-refractivity contribution in [3.05, 3.63) is 34.9 Å². The molecule has 1 heterocycles. The van der Waals surface area contributed by atoms with Gasteiger partial charge in [0.1, 0.15) is 0 Å². The lowest BCUT2D eigenvalue weighted by Gasteiger charge is -2.47. The monoisotopic (exact) mass is 562 g/mol. The van der Waals surface area contributed by atoms with Crippen molar-refractivity contribution in [2.45, 2.75) is 95.6 Å². The molecular weight excluding hydrogens is 512 g/mol. The van der Waals surface area contributed by atoms with E-state index in [0.29, 0.717) is 30.5 Å². The second kappa shape index (κ2) is 16.4. The molecule has 2 aliphatic rings. The molecule has 3 amide bonds. The van der Waals surface area contributed by atoms with E-state index in [9.17, 15) is 9.59 Å². The maximum Gasteiger partial charge on any atom is 0.317 e. The minimum atomic E-state index is -0.600. The number of amides is 3. The highest BCUT2D eigenvalue weighted by Crippen LogP contribution is 2.41. The SMILES string of the molecule is CCC(=O)N[C@](CCCCOC)(c1cccc(Cl)c1)[C@@H]1CCCN(C(=O)NC(CNC)CC2CCCCC2)C1. The fourth-order valence-corrected chi connectivity index (χ4v) is 6.86. The predicted octanol–water partition coefficient (Wildman–Crippen LogP) is 5.86. The Balaban J connectivity index is 1.81. The first kappa shape index (κ1) is 31.7. The summed E-state index contributed by atoms with van der Waals surface area (Å²) in [6.45, 7) is 4.67. The molecule has 0 aromatic heterocycles. The summed E-state index contributed by atoms with van der Waals surface area (Å²) >= 11 is 6.48. The third-order valence-corrected chi connectivity index (χ3v) is 8.95. The number of hydrogen-bond acceptors (Lipinski definition) is 4. The second-order valence-corrected chi connectivity index (χ2v) is 12.0. The number of methoxy groups -OCH3 is 1. The van der Waals surface area contributed by atoms with E-state index in [0.717, 1.165) is 57.2 Å². The number of nitrogens with one attached hydrogen (secondary N) is 3. The first-order valence-electron chi connectivity index (χ1n) is 15.2. The number of ether oxygens (including phenoxy) is 1. The fourth-order valence-electron chi connectivity index (χ4n) is 6.67. The summed E-state index contributed by atoms with van der Waals surface area (Å²) in [6, 6.07) is 8.02. The third-order valence-electron chi connectivity index (χ3n) is 8.72. The lowest BCUT2D eigenvalue weighted by atomic mass is 9.71. The Kier molecular flexibility index (Phi) is 13.4. The second-order valence-electron chi connectivity index (χ2n) is 11.6. The molecule has 1 saturated carbocycles. The number of carbonyl (C=O) groups is 2. The van der Waals surface area contributed by atoms with Crippen LogP contribution in [0.3, 0.4) is 0 Å². The molecular formula is C31H51ClN4O3. The van der Waals surface area contributed by atoms with Crippen LogP contribution in [0.1, 0.15) is 89.5 Å². The van der Waals surface area contributed by atoms with E-state index < -0.39 is 5.54 Å². The molecule has 1 aliphatic carbocycles. The molecule has 1 aromatic rings. The molecule has 0 radical (unpaired) electrons. The fraction of sp³-hybridized carbons (Fsp3) is 0.742. The summed E-state index contributed by atoms with van der Waals surface area (Å²) in [5.74, 6) is 0.790. The van der Waals surface area contributed by atoms with E-state index >= 15 is 0 Å². The van der Waals surface area contributed by atoms with Crippen molar-refractivity contribution in [1.82, 2.24) is 20.9 Å². The van der Waals surface area contributed by atoms with Gasteiger partial charge in [0.25, 0.3) is 0 Å². The van der Waals surface area contributed by atoms with Crippen LogP contribution < -0.4 is 16.0 Å². The van der Waals surface area contributed by atoms with Crippen molar-refractivity contribution in [3.8, 4) is 0 Å². The zero-order valence-electron chi connectivity index (χ0n) is 24.4. The Bertz CT molecular complexity index is 894. The molecule has 8 heteroatoms. The number of likely N-dealkylation sites (tertiary alicyclic amines) is 1. The molecule has 0 spiro atoms. The Morgan fingerprint density at radius 1 is 1.15 bits per heavy atom. The Hall–Kier alpha value is -1.83. The van der Waals surface area contributed by atoms with Gasteiger partial charge in [-0.2, -0.15) is 0 Å². The van der Waals surface area contributed by atoms with Gasteiger partial charge in [-0.05, 0) is 69.2 Å². The number of halogens is 1. The lowest BCUT2D eigenvalue weighted by molar-refractivity contribution is -0.124. The average molecular weight is 563 g/mol. The molecule has 1 aliphatic heterocycles. The minimum absolute atomic E-state index is 0.0111. The van der Waals surface area contributed by atoms with E-state index in [1.807, 2.05) is 37.1 Å². The van der Waals surface area contributed by atoms with Crippen LogP contribution in [0, 0.1) is 11.8 Å². The maximum atomic E-state index is 13.6. The Morgan fingerprint density at radius 3 is 2.64 bits per heavy atom. The summed E-state index contributed by atoms with van der Waals surface area (Å²) in [7, 11) is 3.67. The van der Waals surface area contributed by atoms with Gasteiger partial charge in [0, 0.05) is 56.8 Å². The van der Waals surface area contributed by atoms with Crippen molar-refractivity contribution in [2.24, 2.45) is 11.8 Å². The van der Waals surface area contributed by atoms with Crippen molar-refractivity contribution in [2.75, 3.05) is 40.4 Å². The summed E-state index contributed by atoms with van der Waals surface area (Å²) in [6.07, 6.45) is 12.3. The molecule has 3 N–H and O–H groups in total. The molecule has 1 saturated heterocycles. The van der Waals surface area contributed by atoms with E-state index in [2.05, 4.69) is 22.0 Å². The summed E-state index contributed by atoms with van der Waals surface area (Å²) in [5, 5.41) is 10.7. The standard InChI is InChI=1S/C31H51ClN4O3/c1-4-29(37)35-31(17-8-9-19-39-3,25-14-10-16-27(32)21-25)26-15-11-18-36(23-26)30(38)34-28(22-33-2)20-24-12-6-5-7-13-24/h10,14,16,21,24,26,28,33H,4-9,11-13,15,17-20,22-23H2,1-3H3,(H,34,38)(H,35,37)/t26-,28?,31-/m1/s1. The zero-order valence-corrected chi connectivity index (χ0v) is 25.2. The average Bonchev–Trinajstić information content (AvgIpc) is 2.95. The molecule has 39 heavy (non-hydrogen) atoms. The van der Waals surface area contributed by atoms with E-state index in [-0.39, 0.29) is 23.9 Å². The highest BCUT2D eigenvalue weighted by Gasteiger charge is 2.44. The van der Waals surface area contributed by atoms with Gasteiger partial charge in [0.15, 0.2) is 0 Å². The highest BCUT2D eigenvalue weighted by molar-refractivity contribution is 6.30. The quantitative estimate of drug-likeness (QED) is 0.248. The van der Waals surface area contributed by atoms with Crippen LogP contribution in [-0.2, 0) is 15.1 Å². The summed E-state index contributed by atoms with van der Waals surface area (Å²) in [4.78, 5) is 28.6. The topological polar surface area (TPSA) is 82.7 Å². The van der Waals surface area contributed by atoms with Crippen molar-refractivity contribution >= 4 is 23.5 Å². The molecule has 2 fully saturated rings. The largest absolute Gasteiger partial charge is 0.385 e. The number of unbranched alkanes of at least 4 members (excludes halogenated alkanes) is 1. The van der Waals surface area contributed by atoms with Crippen LogP contribution in [0.2, 0.25) is 5.02 Å². The summed E-state index contributed by atoms with van der Waals surface area (Å²) in [5.41, 5.74) is 0.420. The van der Waals surface area contributed by atoms with Gasteiger partial charge in [-0.25, -0.2) is 4.79 Å². The number of piperidine rings is 1. The Labute approximate surface area is 241 Å². The highest BCUT2D eigenvalue weighted by atomic mass is 35.5. The van der Waals surface area contributed by atoms with Gasteiger partial charge in [-0.3, -0.25) is 4.79 Å². The van der Waals surface area contributed by atoms with Gasteiger partial charge >= 0.3 is 6.03 Å². The van der Waals surface area contributed by atoms with E-state index in [1.54, 1.807) is 7.11 Å². The minimum Gasteiger partial charge on any atom is -0.385 e. The van der Waals surface area contributed by atoms with Crippen molar-refractivity contribution < 1.29 is 14.3 Å². The molecule has 1 unspecified atom stereocenters. The number of likely N-dealkylation sites (N-methyl/N-ethyl adjacent to an activating group) is 1. The van der Waals surface area contributed by atoms with Crippen LogP contribution in [0.5, 0.6) is 0 Å². The number of hydrogen-bond donors (Lipinski definition) is 3. The van der Waals surface area contributed by atoms with Crippen LogP contribution in [0.4, 0.5) is 4.79 Å². The first-order chi connectivity index (χ1) is 18.9. The van der Waals surface area contributed by atoms with Gasteiger partial charge in [0.2, 0.25) is 5.91 Å². The number of carbonyl (C=O) groups excluding carboxylic acids is 2. The normalized spacial score (nSPS) is 20.7.